The lowest BCUT2D eigenvalue weighted by Crippen LogP contribution is -1.98. The highest BCUT2D eigenvalue weighted by molar-refractivity contribution is 7.71. The summed E-state index contributed by atoms with van der Waals surface area (Å²) in [7, 11) is 0. The summed E-state index contributed by atoms with van der Waals surface area (Å²) < 4.78 is 29.1. The molecule has 1 fully saturated rings. The van der Waals surface area contributed by atoms with Gasteiger partial charge in [0, 0.05) is 6.04 Å². The molecule has 0 bridgehead atoms. The Labute approximate surface area is 95.9 Å². The molecule has 1 N–H and O–H groups in total. The van der Waals surface area contributed by atoms with Crippen LogP contribution in [-0.2, 0) is 0 Å². The van der Waals surface area contributed by atoms with Crippen molar-refractivity contribution >= 4 is 23.3 Å². The van der Waals surface area contributed by atoms with Crippen molar-refractivity contribution in [2.45, 2.75) is 19.4 Å². The molecule has 1 heterocycles. The number of imidazole rings is 1. The predicted octanol–water partition coefficient (Wildman–Crippen LogP) is 3.56. The van der Waals surface area contributed by atoms with Gasteiger partial charge in [-0.25, -0.2) is 8.78 Å². The number of aromatic amines is 1. The minimum atomic E-state index is -0.830. The summed E-state index contributed by atoms with van der Waals surface area (Å²) in [6.07, 6.45) is 0.969. The molecule has 3 rings (SSSR count). The van der Waals surface area contributed by atoms with E-state index in [-0.39, 0.29) is 11.6 Å². The number of hydrogen-bond donors (Lipinski definition) is 1. The zero-order valence-electron chi connectivity index (χ0n) is 8.63. The number of rotatable bonds is 1. The molecule has 0 spiro atoms. The monoisotopic (exact) mass is 240 g/mol. The van der Waals surface area contributed by atoms with Gasteiger partial charge in [-0.3, -0.25) is 0 Å². The van der Waals surface area contributed by atoms with Gasteiger partial charge in [0.05, 0.1) is 5.52 Å². The second-order valence-corrected chi connectivity index (χ2v) is 4.72. The van der Waals surface area contributed by atoms with E-state index in [1.165, 1.54) is 6.07 Å². The van der Waals surface area contributed by atoms with Crippen molar-refractivity contribution in [1.82, 2.24) is 9.55 Å². The van der Waals surface area contributed by atoms with E-state index in [9.17, 15) is 8.78 Å². The van der Waals surface area contributed by atoms with Gasteiger partial charge in [-0.2, -0.15) is 0 Å². The lowest BCUT2D eigenvalue weighted by Gasteiger charge is -2.03. The van der Waals surface area contributed by atoms with E-state index in [1.54, 1.807) is 4.57 Å². The first-order valence-electron chi connectivity index (χ1n) is 5.18. The highest BCUT2D eigenvalue weighted by Gasteiger charge is 2.36. The fraction of sp³-hybridized carbons (Fsp3) is 0.364. The van der Waals surface area contributed by atoms with E-state index in [1.807, 2.05) is 0 Å². The van der Waals surface area contributed by atoms with Crippen molar-refractivity contribution in [2.24, 2.45) is 5.92 Å². The van der Waals surface area contributed by atoms with Crippen molar-refractivity contribution in [3.05, 3.63) is 28.5 Å². The number of benzene rings is 1. The van der Waals surface area contributed by atoms with Crippen LogP contribution < -0.4 is 0 Å². The van der Waals surface area contributed by atoms with Crippen LogP contribution in [0.2, 0.25) is 0 Å². The molecule has 1 saturated carbocycles. The van der Waals surface area contributed by atoms with Gasteiger partial charge in [-0.05, 0) is 36.7 Å². The van der Waals surface area contributed by atoms with Gasteiger partial charge in [-0.15, -0.1) is 0 Å². The van der Waals surface area contributed by atoms with Gasteiger partial charge < -0.3 is 9.55 Å². The minimum absolute atomic E-state index is 0.206. The van der Waals surface area contributed by atoms with Crippen molar-refractivity contribution in [3.63, 3.8) is 0 Å². The Kier molecular flexibility index (Phi) is 1.95. The number of H-pyrrole nitrogens is 1. The van der Waals surface area contributed by atoms with E-state index in [0.717, 1.165) is 12.5 Å². The second-order valence-electron chi connectivity index (χ2n) is 4.34. The highest BCUT2D eigenvalue weighted by atomic mass is 32.1. The number of halogens is 2. The van der Waals surface area contributed by atoms with E-state index < -0.39 is 11.6 Å². The Morgan fingerprint density at radius 3 is 2.75 bits per heavy atom. The second kappa shape index (κ2) is 3.13. The maximum atomic E-state index is 13.7. The number of aromatic nitrogens is 2. The number of hydrogen-bond acceptors (Lipinski definition) is 1. The van der Waals surface area contributed by atoms with Gasteiger partial charge in [0.2, 0.25) is 0 Å². The SMILES string of the molecule is CC1CC1n1c(=S)[nH]c2ccc(F)c(F)c21. The van der Waals surface area contributed by atoms with Crippen molar-refractivity contribution in [1.29, 1.82) is 0 Å². The number of nitrogens with one attached hydrogen (secondary N) is 1. The van der Waals surface area contributed by atoms with Gasteiger partial charge >= 0.3 is 0 Å². The Morgan fingerprint density at radius 2 is 2.12 bits per heavy atom. The molecule has 1 aromatic heterocycles. The smallest absolute Gasteiger partial charge is 0.184 e. The molecular formula is C11H10F2N2S. The summed E-state index contributed by atoms with van der Waals surface area (Å²) >= 11 is 5.14. The zero-order chi connectivity index (χ0) is 11.4. The van der Waals surface area contributed by atoms with Crippen LogP contribution in [0.5, 0.6) is 0 Å². The molecule has 0 saturated heterocycles. The summed E-state index contributed by atoms with van der Waals surface area (Å²) in [6, 6.07) is 2.84. The summed E-state index contributed by atoms with van der Waals surface area (Å²) in [5.41, 5.74) is 0.822. The molecule has 16 heavy (non-hydrogen) atoms. The molecule has 5 heteroatoms. The Morgan fingerprint density at radius 1 is 1.44 bits per heavy atom. The van der Waals surface area contributed by atoms with E-state index >= 15 is 0 Å². The maximum Gasteiger partial charge on any atom is 0.184 e. The summed E-state index contributed by atoms with van der Waals surface area (Å²) in [4.78, 5) is 2.91. The lowest BCUT2D eigenvalue weighted by molar-refractivity contribution is 0.510. The van der Waals surface area contributed by atoms with Crippen LogP contribution in [0.25, 0.3) is 11.0 Å². The number of fused-ring (bicyclic) bond motifs is 1. The molecule has 1 aliphatic rings. The molecule has 2 unspecified atom stereocenters. The van der Waals surface area contributed by atoms with Crippen molar-refractivity contribution in [2.75, 3.05) is 0 Å². The van der Waals surface area contributed by atoms with Crippen LogP contribution in [0.15, 0.2) is 12.1 Å². The first kappa shape index (κ1) is 9.96. The molecule has 0 radical (unpaired) electrons. The third-order valence-corrected chi connectivity index (χ3v) is 3.47. The molecule has 0 amide bonds. The predicted molar refractivity (Wildman–Crippen MR) is 59.9 cm³/mol. The minimum Gasteiger partial charge on any atom is -0.330 e. The molecule has 1 aliphatic carbocycles. The van der Waals surface area contributed by atoms with Crippen LogP contribution in [0.1, 0.15) is 19.4 Å². The average molecular weight is 240 g/mol. The van der Waals surface area contributed by atoms with E-state index in [4.69, 9.17) is 12.2 Å². The normalized spacial score (nSPS) is 23.9. The Bertz CT molecular complexity index is 629. The average Bonchev–Trinajstić information content (AvgIpc) is 2.83. The quantitative estimate of drug-likeness (QED) is 0.756. The molecule has 84 valence electrons. The lowest BCUT2D eigenvalue weighted by atomic mass is 10.3. The van der Waals surface area contributed by atoms with Crippen molar-refractivity contribution in [3.8, 4) is 0 Å². The van der Waals surface area contributed by atoms with Crippen LogP contribution in [0.4, 0.5) is 8.78 Å². The van der Waals surface area contributed by atoms with Crippen LogP contribution in [0.3, 0.4) is 0 Å². The fourth-order valence-corrected chi connectivity index (χ4v) is 2.47. The van der Waals surface area contributed by atoms with Gasteiger partial charge in [0.25, 0.3) is 0 Å². The molecule has 0 aliphatic heterocycles. The van der Waals surface area contributed by atoms with Crippen LogP contribution in [0, 0.1) is 22.3 Å². The van der Waals surface area contributed by atoms with Gasteiger partial charge in [0.15, 0.2) is 16.4 Å². The van der Waals surface area contributed by atoms with Crippen LogP contribution in [-0.4, -0.2) is 9.55 Å². The summed E-state index contributed by atoms with van der Waals surface area (Å²) in [5, 5.41) is 0. The largest absolute Gasteiger partial charge is 0.330 e. The molecular weight excluding hydrogens is 230 g/mol. The Hall–Kier alpha value is -1.23. The molecule has 2 nitrogen and oxygen atoms in total. The van der Waals surface area contributed by atoms with Crippen molar-refractivity contribution < 1.29 is 8.78 Å². The third kappa shape index (κ3) is 1.24. The topological polar surface area (TPSA) is 20.7 Å². The summed E-state index contributed by atoms with van der Waals surface area (Å²) in [5.74, 6) is -1.17. The van der Waals surface area contributed by atoms with Gasteiger partial charge in [-0.1, -0.05) is 6.92 Å². The Balaban J connectivity index is 2.38. The molecule has 2 atom stereocenters. The first-order valence-corrected chi connectivity index (χ1v) is 5.58. The van der Waals surface area contributed by atoms with Gasteiger partial charge in [0.1, 0.15) is 5.52 Å². The standard InChI is InChI=1S/C11H10F2N2S/c1-5-4-8(5)15-10-7(14-11(15)16)3-2-6(12)9(10)13/h2-3,5,8H,4H2,1H3,(H,14,16). The van der Waals surface area contributed by atoms with Crippen LogP contribution >= 0.6 is 12.2 Å². The third-order valence-electron chi connectivity index (χ3n) is 3.17. The van der Waals surface area contributed by atoms with E-state index in [2.05, 4.69) is 11.9 Å². The van der Waals surface area contributed by atoms with E-state index in [0.29, 0.717) is 16.2 Å². The maximum absolute atomic E-state index is 13.7. The first-order chi connectivity index (χ1) is 7.59. The molecule has 2 aromatic rings. The fourth-order valence-electron chi connectivity index (χ4n) is 2.13. The summed E-state index contributed by atoms with van der Waals surface area (Å²) in [6.45, 7) is 2.07. The highest BCUT2D eigenvalue weighted by Crippen LogP contribution is 2.44. The number of nitrogens with zero attached hydrogens (tertiary/aromatic N) is 1. The zero-order valence-corrected chi connectivity index (χ0v) is 9.44. The molecule has 1 aromatic carbocycles.